The van der Waals surface area contributed by atoms with Gasteiger partial charge in [-0.15, -0.1) is 6.42 Å². The molecular formula is C8H11N. The molecule has 0 atom stereocenters. The van der Waals surface area contributed by atoms with Gasteiger partial charge in [0.1, 0.15) is 0 Å². The smallest absolute Gasteiger partial charge is 0.0865 e. The van der Waals surface area contributed by atoms with Gasteiger partial charge in [-0.3, -0.25) is 4.99 Å². The summed E-state index contributed by atoms with van der Waals surface area (Å²) in [5.41, 5.74) is 1.88. The van der Waals surface area contributed by atoms with Crippen LogP contribution in [0.25, 0.3) is 0 Å². The largest absolute Gasteiger partial charge is 0.253 e. The molecule has 1 heteroatoms. The highest BCUT2D eigenvalue weighted by molar-refractivity contribution is 5.98. The first-order chi connectivity index (χ1) is 4.16. The Bertz CT molecular complexity index is 175. The molecule has 0 fully saturated rings. The summed E-state index contributed by atoms with van der Waals surface area (Å²) in [5, 5.41) is 0. The van der Waals surface area contributed by atoms with E-state index in [0.29, 0.717) is 0 Å². The first kappa shape index (κ1) is 7.97. The van der Waals surface area contributed by atoms with Crippen molar-refractivity contribution in [3.8, 4) is 12.3 Å². The van der Waals surface area contributed by atoms with E-state index in [1.807, 2.05) is 13.8 Å². The SMILES string of the molecule is C#CC(C)=NC=C(C)C. The second kappa shape index (κ2) is 3.91. The normalized spacial score (nSPS) is 10.2. The van der Waals surface area contributed by atoms with E-state index in [1.165, 1.54) is 0 Å². The lowest BCUT2D eigenvalue weighted by Gasteiger charge is -1.83. The predicted molar refractivity (Wildman–Crippen MR) is 41.4 cm³/mol. The minimum absolute atomic E-state index is 0.719. The van der Waals surface area contributed by atoms with Gasteiger partial charge in [-0.2, -0.15) is 0 Å². The molecule has 0 radical (unpaired) electrons. The van der Waals surface area contributed by atoms with Crippen molar-refractivity contribution in [1.82, 2.24) is 0 Å². The van der Waals surface area contributed by atoms with Gasteiger partial charge in [-0.25, -0.2) is 0 Å². The maximum absolute atomic E-state index is 5.05. The summed E-state index contributed by atoms with van der Waals surface area (Å²) >= 11 is 0. The van der Waals surface area contributed by atoms with Crippen molar-refractivity contribution in [2.75, 3.05) is 0 Å². The molecule has 0 saturated carbocycles. The molecule has 48 valence electrons. The third kappa shape index (κ3) is 4.83. The highest BCUT2D eigenvalue weighted by Crippen LogP contribution is 1.88. The predicted octanol–water partition coefficient (Wildman–Crippen LogP) is 2.00. The standard InChI is InChI=1S/C8H11N/c1-5-8(4)9-6-7(2)3/h1,6H,2-4H3. The quantitative estimate of drug-likeness (QED) is 0.371. The number of terminal acetylenes is 1. The molecule has 1 nitrogen and oxygen atoms in total. The zero-order chi connectivity index (χ0) is 7.28. The van der Waals surface area contributed by atoms with Gasteiger partial charge >= 0.3 is 0 Å². The maximum atomic E-state index is 5.05. The van der Waals surface area contributed by atoms with Gasteiger partial charge in [0, 0.05) is 6.20 Å². The Kier molecular flexibility index (Phi) is 3.46. The van der Waals surface area contributed by atoms with Crippen molar-refractivity contribution in [2.45, 2.75) is 20.8 Å². The Hall–Kier alpha value is -1.03. The molecular weight excluding hydrogens is 110 g/mol. The topological polar surface area (TPSA) is 12.4 Å². The lowest BCUT2D eigenvalue weighted by atomic mass is 10.4. The lowest BCUT2D eigenvalue weighted by Crippen LogP contribution is -1.80. The zero-order valence-electron chi connectivity index (χ0n) is 6.10. The molecule has 0 rings (SSSR count). The molecule has 0 aliphatic heterocycles. The maximum Gasteiger partial charge on any atom is 0.0865 e. The molecule has 0 heterocycles. The van der Waals surface area contributed by atoms with Crippen LogP contribution in [0.4, 0.5) is 0 Å². The van der Waals surface area contributed by atoms with E-state index in [0.717, 1.165) is 11.3 Å². The molecule has 0 bridgehead atoms. The van der Waals surface area contributed by atoms with E-state index in [2.05, 4.69) is 10.9 Å². The van der Waals surface area contributed by atoms with Gasteiger partial charge in [0.2, 0.25) is 0 Å². The van der Waals surface area contributed by atoms with Crippen molar-refractivity contribution in [1.29, 1.82) is 0 Å². The highest BCUT2D eigenvalue weighted by Gasteiger charge is 1.76. The van der Waals surface area contributed by atoms with Gasteiger partial charge in [-0.05, 0) is 20.8 Å². The van der Waals surface area contributed by atoms with Gasteiger partial charge in [0.15, 0.2) is 0 Å². The van der Waals surface area contributed by atoms with Crippen LogP contribution < -0.4 is 0 Å². The third-order valence-electron chi connectivity index (χ3n) is 0.725. The van der Waals surface area contributed by atoms with Crippen molar-refractivity contribution >= 4 is 5.71 Å². The van der Waals surface area contributed by atoms with E-state index in [9.17, 15) is 0 Å². The molecule has 0 aromatic rings. The Morgan fingerprint density at radius 3 is 2.33 bits per heavy atom. The van der Waals surface area contributed by atoms with Crippen LogP contribution in [0.15, 0.2) is 16.8 Å². The fraction of sp³-hybridized carbons (Fsp3) is 0.375. The molecule has 9 heavy (non-hydrogen) atoms. The van der Waals surface area contributed by atoms with Gasteiger partial charge in [-0.1, -0.05) is 11.5 Å². The van der Waals surface area contributed by atoms with E-state index >= 15 is 0 Å². The third-order valence-corrected chi connectivity index (χ3v) is 0.725. The van der Waals surface area contributed by atoms with Crippen molar-refractivity contribution in [3.63, 3.8) is 0 Å². The van der Waals surface area contributed by atoms with Crippen LogP contribution in [0.2, 0.25) is 0 Å². The van der Waals surface area contributed by atoms with E-state index < -0.39 is 0 Å². The molecule has 0 N–H and O–H groups in total. The number of hydrogen-bond acceptors (Lipinski definition) is 1. The summed E-state index contributed by atoms with van der Waals surface area (Å²) in [6.45, 7) is 5.76. The fourth-order valence-corrected chi connectivity index (χ4v) is 0.263. The van der Waals surface area contributed by atoms with E-state index in [1.54, 1.807) is 13.1 Å². The summed E-state index contributed by atoms with van der Waals surface area (Å²) in [7, 11) is 0. The molecule has 0 unspecified atom stereocenters. The van der Waals surface area contributed by atoms with Crippen LogP contribution >= 0.6 is 0 Å². The number of rotatable bonds is 1. The van der Waals surface area contributed by atoms with Crippen LogP contribution in [-0.4, -0.2) is 5.71 Å². The van der Waals surface area contributed by atoms with E-state index in [-0.39, 0.29) is 0 Å². The van der Waals surface area contributed by atoms with Crippen molar-refractivity contribution < 1.29 is 0 Å². The summed E-state index contributed by atoms with van der Waals surface area (Å²) in [6.07, 6.45) is 6.81. The second-order valence-corrected chi connectivity index (χ2v) is 2.07. The molecule has 0 aliphatic rings. The number of allylic oxidation sites excluding steroid dienone is 1. The average molecular weight is 121 g/mol. The first-order valence-corrected chi connectivity index (χ1v) is 2.81. The number of hydrogen-bond donors (Lipinski definition) is 0. The average Bonchev–Trinajstić information content (AvgIpc) is 1.83. The van der Waals surface area contributed by atoms with Crippen LogP contribution in [0.3, 0.4) is 0 Å². The van der Waals surface area contributed by atoms with Gasteiger partial charge in [0.05, 0.1) is 5.71 Å². The molecule has 0 spiro atoms. The van der Waals surface area contributed by atoms with Crippen molar-refractivity contribution in [2.24, 2.45) is 4.99 Å². The molecule has 0 aromatic carbocycles. The van der Waals surface area contributed by atoms with Crippen LogP contribution in [0, 0.1) is 12.3 Å². The van der Waals surface area contributed by atoms with Crippen LogP contribution in [-0.2, 0) is 0 Å². The molecule has 0 aromatic heterocycles. The summed E-state index contributed by atoms with van der Waals surface area (Å²) < 4.78 is 0. The van der Waals surface area contributed by atoms with Crippen LogP contribution in [0.1, 0.15) is 20.8 Å². The number of nitrogens with zero attached hydrogens (tertiary/aromatic N) is 1. The van der Waals surface area contributed by atoms with E-state index in [4.69, 9.17) is 6.42 Å². The number of aliphatic imine (C=N–C) groups is 1. The molecule has 0 amide bonds. The Morgan fingerprint density at radius 1 is 1.44 bits per heavy atom. The molecule has 0 aliphatic carbocycles. The first-order valence-electron chi connectivity index (χ1n) is 2.81. The Labute approximate surface area is 56.5 Å². The fourth-order valence-electron chi connectivity index (χ4n) is 0.263. The highest BCUT2D eigenvalue weighted by atomic mass is 14.7. The summed E-state index contributed by atoms with van der Waals surface area (Å²) in [4.78, 5) is 3.96. The van der Waals surface area contributed by atoms with Gasteiger partial charge < -0.3 is 0 Å². The van der Waals surface area contributed by atoms with Crippen molar-refractivity contribution in [3.05, 3.63) is 11.8 Å². The summed E-state index contributed by atoms with van der Waals surface area (Å²) in [5.74, 6) is 2.43. The molecule has 0 saturated heterocycles. The Morgan fingerprint density at radius 2 is 2.00 bits per heavy atom. The van der Waals surface area contributed by atoms with Crippen LogP contribution in [0.5, 0.6) is 0 Å². The Balaban J connectivity index is 4.03. The zero-order valence-corrected chi connectivity index (χ0v) is 6.10. The lowest BCUT2D eigenvalue weighted by molar-refractivity contribution is 1.33. The van der Waals surface area contributed by atoms with Gasteiger partial charge in [0.25, 0.3) is 0 Å². The monoisotopic (exact) mass is 121 g/mol. The minimum Gasteiger partial charge on any atom is -0.253 e. The minimum atomic E-state index is 0.719. The summed E-state index contributed by atoms with van der Waals surface area (Å²) in [6, 6.07) is 0. The second-order valence-electron chi connectivity index (χ2n) is 2.07.